The van der Waals surface area contributed by atoms with Crippen LogP contribution in [0.4, 0.5) is 0 Å². The van der Waals surface area contributed by atoms with Gasteiger partial charge in [0.1, 0.15) is 0 Å². The molecule has 0 radical (unpaired) electrons. The van der Waals surface area contributed by atoms with Crippen LogP contribution in [0.15, 0.2) is 66.4 Å². The fourth-order valence-electron chi connectivity index (χ4n) is 2.84. The second-order valence-corrected chi connectivity index (χ2v) is 5.12. The number of benzene rings is 2. The number of hydrogen-bond donors (Lipinski definition) is 0. The van der Waals surface area contributed by atoms with Crippen LogP contribution in [-0.4, -0.2) is 11.9 Å². The van der Waals surface area contributed by atoms with Crippen LogP contribution in [0.25, 0.3) is 6.08 Å². The maximum absolute atomic E-state index is 2.42. The summed E-state index contributed by atoms with van der Waals surface area (Å²) in [6.07, 6.45) is 4.67. The zero-order valence-corrected chi connectivity index (χ0v) is 11.3. The van der Waals surface area contributed by atoms with Crippen LogP contribution in [-0.2, 0) is 0 Å². The van der Waals surface area contributed by atoms with E-state index >= 15 is 0 Å². The summed E-state index contributed by atoms with van der Waals surface area (Å²) in [7, 11) is 2.21. The van der Waals surface area contributed by atoms with E-state index in [1.807, 2.05) is 0 Å². The summed E-state index contributed by atoms with van der Waals surface area (Å²) in [5.41, 5.74) is 4.14. The normalized spacial score (nSPS) is 21.0. The molecule has 0 bridgehead atoms. The van der Waals surface area contributed by atoms with Gasteiger partial charge >= 0.3 is 0 Å². The van der Waals surface area contributed by atoms with Crippen LogP contribution in [0.1, 0.15) is 30.0 Å². The molecule has 1 heteroatoms. The van der Waals surface area contributed by atoms with E-state index in [4.69, 9.17) is 0 Å². The van der Waals surface area contributed by atoms with Crippen molar-refractivity contribution in [2.45, 2.75) is 18.9 Å². The topological polar surface area (TPSA) is 3.24 Å². The van der Waals surface area contributed by atoms with E-state index in [0.29, 0.717) is 6.04 Å². The van der Waals surface area contributed by atoms with E-state index in [2.05, 4.69) is 78.7 Å². The van der Waals surface area contributed by atoms with Crippen molar-refractivity contribution in [2.75, 3.05) is 7.05 Å². The lowest BCUT2D eigenvalue weighted by Crippen LogP contribution is -2.16. The lowest BCUT2D eigenvalue weighted by Gasteiger charge is -2.23. The average Bonchev–Trinajstić information content (AvgIpc) is 2.82. The first-order valence-electron chi connectivity index (χ1n) is 6.88. The standard InChI is InChI=1S/C18H19N/c1-19-17(14-15-8-4-2-5-9-15)12-13-18(19)16-10-6-3-7-11-16/h2-11,14,18H,12-13H2,1H3/b17-14+. The minimum atomic E-state index is 0.524. The van der Waals surface area contributed by atoms with Crippen LogP contribution in [0.3, 0.4) is 0 Å². The largest absolute Gasteiger partial charge is 0.371 e. The Bertz CT molecular complexity index is 557. The van der Waals surface area contributed by atoms with Gasteiger partial charge in [0, 0.05) is 12.7 Å². The predicted molar refractivity (Wildman–Crippen MR) is 80.6 cm³/mol. The Morgan fingerprint density at radius 2 is 1.58 bits per heavy atom. The molecule has 3 rings (SSSR count). The van der Waals surface area contributed by atoms with Crippen molar-refractivity contribution < 1.29 is 0 Å². The highest BCUT2D eigenvalue weighted by Gasteiger charge is 2.25. The van der Waals surface area contributed by atoms with Crippen LogP contribution < -0.4 is 0 Å². The van der Waals surface area contributed by atoms with Gasteiger partial charge < -0.3 is 4.90 Å². The molecular weight excluding hydrogens is 230 g/mol. The maximum atomic E-state index is 2.42. The molecular formula is C18H19N. The Kier molecular flexibility index (Phi) is 3.37. The molecule has 0 saturated carbocycles. The molecule has 1 heterocycles. The van der Waals surface area contributed by atoms with Crippen LogP contribution >= 0.6 is 0 Å². The maximum Gasteiger partial charge on any atom is 0.0539 e. The number of likely N-dealkylation sites (tertiary alicyclic amines) is 1. The molecule has 2 aromatic rings. The molecule has 0 N–H and O–H groups in total. The summed E-state index contributed by atoms with van der Waals surface area (Å²) in [5, 5.41) is 0. The summed E-state index contributed by atoms with van der Waals surface area (Å²) in [4.78, 5) is 2.42. The second kappa shape index (κ2) is 5.31. The Hall–Kier alpha value is -2.02. The van der Waals surface area contributed by atoms with E-state index < -0.39 is 0 Å². The Morgan fingerprint density at radius 1 is 0.947 bits per heavy atom. The van der Waals surface area contributed by atoms with Crippen molar-refractivity contribution in [3.63, 3.8) is 0 Å². The molecule has 1 fully saturated rings. The van der Waals surface area contributed by atoms with Gasteiger partial charge in [0.05, 0.1) is 6.04 Å². The Morgan fingerprint density at radius 3 is 2.26 bits per heavy atom. The van der Waals surface area contributed by atoms with Gasteiger partial charge in [0.2, 0.25) is 0 Å². The Balaban J connectivity index is 1.83. The fourth-order valence-corrected chi connectivity index (χ4v) is 2.84. The van der Waals surface area contributed by atoms with Crippen LogP contribution in [0.5, 0.6) is 0 Å². The SMILES string of the molecule is CN1/C(=C/c2ccccc2)CCC1c1ccccc1. The average molecular weight is 249 g/mol. The minimum absolute atomic E-state index is 0.524. The van der Waals surface area contributed by atoms with E-state index in [1.54, 1.807) is 0 Å². The van der Waals surface area contributed by atoms with Gasteiger partial charge in [-0.05, 0) is 30.0 Å². The third-order valence-corrected chi connectivity index (χ3v) is 3.91. The van der Waals surface area contributed by atoms with Crippen LogP contribution in [0, 0.1) is 0 Å². The lowest BCUT2D eigenvalue weighted by atomic mass is 10.1. The molecule has 1 unspecified atom stereocenters. The minimum Gasteiger partial charge on any atom is -0.371 e. The van der Waals surface area contributed by atoms with Crippen LogP contribution in [0.2, 0.25) is 0 Å². The molecule has 0 aliphatic carbocycles. The van der Waals surface area contributed by atoms with Crippen molar-refractivity contribution >= 4 is 6.08 Å². The predicted octanol–water partition coefficient (Wildman–Crippen LogP) is 4.49. The third-order valence-electron chi connectivity index (χ3n) is 3.91. The molecule has 1 aliphatic rings. The molecule has 0 aromatic heterocycles. The molecule has 0 spiro atoms. The van der Waals surface area contributed by atoms with Gasteiger partial charge in [-0.15, -0.1) is 0 Å². The fraction of sp³-hybridized carbons (Fsp3) is 0.222. The lowest BCUT2D eigenvalue weighted by molar-refractivity contribution is 0.363. The molecule has 1 nitrogen and oxygen atoms in total. The molecule has 1 aliphatic heterocycles. The zero-order valence-electron chi connectivity index (χ0n) is 11.3. The second-order valence-electron chi connectivity index (χ2n) is 5.12. The summed E-state index contributed by atoms with van der Waals surface area (Å²) < 4.78 is 0. The molecule has 1 saturated heterocycles. The first kappa shape index (κ1) is 12.0. The van der Waals surface area contributed by atoms with Gasteiger partial charge in [-0.3, -0.25) is 0 Å². The summed E-state index contributed by atoms with van der Waals surface area (Å²) in [5.74, 6) is 0. The van der Waals surface area contributed by atoms with Crippen molar-refractivity contribution in [1.82, 2.24) is 4.90 Å². The van der Waals surface area contributed by atoms with Gasteiger partial charge in [-0.1, -0.05) is 60.7 Å². The molecule has 2 aromatic carbocycles. The van der Waals surface area contributed by atoms with Crippen molar-refractivity contribution in [3.8, 4) is 0 Å². The molecule has 0 amide bonds. The zero-order chi connectivity index (χ0) is 13.1. The van der Waals surface area contributed by atoms with Gasteiger partial charge in [0.15, 0.2) is 0 Å². The quantitative estimate of drug-likeness (QED) is 0.757. The Labute approximate surface area is 115 Å². The first-order valence-corrected chi connectivity index (χ1v) is 6.88. The number of allylic oxidation sites excluding steroid dienone is 1. The number of rotatable bonds is 2. The number of hydrogen-bond acceptors (Lipinski definition) is 1. The van der Waals surface area contributed by atoms with Gasteiger partial charge in [0.25, 0.3) is 0 Å². The smallest absolute Gasteiger partial charge is 0.0539 e. The highest BCUT2D eigenvalue weighted by molar-refractivity contribution is 5.53. The molecule has 96 valence electrons. The molecule has 19 heavy (non-hydrogen) atoms. The van der Waals surface area contributed by atoms with E-state index in [-0.39, 0.29) is 0 Å². The molecule has 1 atom stereocenters. The monoisotopic (exact) mass is 249 g/mol. The summed E-state index contributed by atoms with van der Waals surface area (Å²) in [6, 6.07) is 21.9. The highest BCUT2D eigenvalue weighted by Crippen LogP contribution is 2.37. The van der Waals surface area contributed by atoms with Crippen molar-refractivity contribution in [1.29, 1.82) is 0 Å². The van der Waals surface area contributed by atoms with E-state index in [1.165, 1.54) is 23.2 Å². The summed E-state index contributed by atoms with van der Waals surface area (Å²) >= 11 is 0. The third kappa shape index (κ3) is 2.55. The first-order chi connectivity index (χ1) is 9.34. The van der Waals surface area contributed by atoms with Gasteiger partial charge in [-0.2, -0.15) is 0 Å². The number of nitrogens with zero attached hydrogens (tertiary/aromatic N) is 1. The van der Waals surface area contributed by atoms with Crippen molar-refractivity contribution in [2.24, 2.45) is 0 Å². The summed E-state index contributed by atoms with van der Waals surface area (Å²) in [6.45, 7) is 0. The van der Waals surface area contributed by atoms with E-state index in [0.717, 1.165) is 6.42 Å². The van der Waals surface area contributed by atoms with E-state index in [9.17, 15) is 0 Å². The van der Waals surface area contributed by atoms with Crippen molar-refractivity contribution in [3.05, 3.63) is 77.5 Å². The van der Waals surface area contributed by atoms with Gasteiger partial charge in [-0.25, -0.2) is 0 Å². The highest BCUT2D eigenvalue weighted by atomic mass is 15.2.